The molecule has 1 amide bonds. The van der Waals surface area contributed by atoms with E-state index in [0.717, 1.165) is 6.07 Å². The molecule has 0 saturated carbocycles. The predicted molar refractivity (Wildman–Crippen MR) is 70.7 cm³/mol. The van der Waals surface area contributed by atoms with Crippen LogP contribution >= 0.6 is 15.9 Å². The summed E-state index contributed by atoms with van der Waals surface area (Å²) in [5.41, 5.74) is 0.497. The fourth-order valence-corrected chi connectivity index (χ4v) is 2.08. The van der Waals surface area contributed by atoms with E-state index in [-0.39, 0.29) is 11.0 Å². The predicted octanol–water partition coefficient (Wildman–Crippen LogP) is 2.78. The maximum Gasteiger partial charge on any atom is 0.299 e. The molecule has 1 heterocycles. The normalized spacial score (nSPS) is 15.2. The number of Topliss-reactive ketones (excluding diaryl/α,β-unsaturated/α-hetero) is 1. The number of halogens is 2. The highest BCUT2D eigenvalue weighted by atomic mass is 79.9. The average Bonchev–Trinajstić information content (AvgIpc) is 2.54. The SMILES string of the molecule is CC(C)(CBr)CN1C(=O)C(=O)c2cc(F)ccc21. The minimum absolute atomic E-state index is 0.158. The van der Waals surface area contributed by atoms with Crippen LogP contribution in [0, 0.1) is 11.2 Å². The fourth-order valence-electron chi connectivity index (χ4n) is 1.90. The molecule has 0 radical (unpaired) electrons. The Hall–Kier alpha value is -1.23. The molecule has 0 atom stereocenters. The first-order valence-electron chi connectivity index (χ1n) is 5.57. The highest BCUT2D eigenvalue weighted by Crippen LogP contribution is 2.32. The van der Waals surface area contributed by atoms with E-state index in [1.165, 1.54) is 17.0 Å². The van der Waals surface area contributed by atoms with Crippen molar-refractivity contribution >= 4 is 33.3 Å². The Morgan fingerprint density at radius 3 is 2.61 bits per heavy atom. The van der Waals surface area contributed by atoms with Crippen molar-refractivity contribution in [2.24, 2.45) is 5.41 Å². The number of rotatable bonds is 3. The summed E-state index contributed by atoms with van der Waals surface area (Å²) in [5, 5.41) is 0.703. The van der Waals surface area contributed by atoms with Crippen LogP contribution in [0.1, 0.15) is 24.2 Å². The lowest BCUT2D eigenvalue weighted by Crippen LogP contribution is -2.38. The van der Waals surface area contributed by atoms with Gasteiger partial charge in [0.15, 0.2) is 0 Å². The van der Waals surface area contributed by atoms with Gasteiger partial charge in [0.05, 0.1) is 11.3 Å². The summed E-state index contributed by atoms with van der Waals surface area (Å²) in [6, 6.07) is 3.87. The fraction of sp³-hybridized carbons (Fsp3) is 0.385. The van der Waals surface area contributed by atoms with Crippen LogP contribution in [0.25, 0.3) is 0 Å². The summed E-state index contributed by atoms with van der Waals surface area (Å²) < 4.78 is 13.1. The summed E-state index contributed by atoms with van der Waals surface area (Å²) >= 11 is 3.38. The van der Waals surface area contributed by atoms with Gasteiger partial charge in [-0.3, -0.25) is 9.59 Å². The molecule has 96 valence electrons. The van der Waals surface area contributed by atoms with Crippen molar-refractivity contribution in [1.29, 1.82) is 0 Å². The van der Waals surface area contributed by atoms with Crippen molar-refractivity contribution < 1.29 is 14.0 Å². The van der Waals surface area contributed by atoms with Crippen molar-refractivity contribution in [3.05, 3.63) is 29.6 Å². The van der Waals surface area contributed by atoms with E-state index in [1.54, 1.807) is 0 Å². The smallest absolute Gasteiger partial charge is 0.299 e. The number of anilines is 1. The lowest BCUT2D eigenvalue weighted by atomic mass is 9.96. The van der Waals surface area contributed by atoms with Gasteiger partial charge in [-0.1, -0.05) is 29.8 Å². The van der Waals surface area contributed by atoms with Crippen molar-refractivity contribution in [2.45, 2.75) is 13.8 Å². The number of carbonyl (C=O) groups is 2. The number of nitrogens with zero attached hydrogens (tertiary/aromatic N) is 1. The Kier molecular flexibility index (Phi) is 3.27. The monoisotopic (exact) mass is 313 g/mol. The summed E-state index contributed by atoms with van der Waals surface area (Å²) in [6.45, 7) is 4.39. The lowest BCUT2D eigenvalue weighted by Gasteiger charge is -2.28. The van der Waals surface area contributed by atoms with Gasteiger partial charge in [-0.25, -0.2) is 4.39 Å². The minimum atomic E-state index is -0.630. The molecular weight excluding hydrogens is 301 g/mol. The number of alkyl halides is 1. The Morgan fingerprint density at radius 1 is 1.33 bits per heavy atom. The molecule has 0 saturated heterocycles. The van der Waals surface area contributed by atoms with Gasteiger partial charge in [-0.2, -0.15) is 0 Å². The van der Waals surface area contributed by atoms with Crippen LogP contribution in [0.3, 0.4) is 0 Å². The lowest BCUT2D eigenvalue weighted by molar-refractivity contribution is -0.114. The van der Waals surface area contributed by atoms with Crippen molar-refractivity contribution in [2.75, 3.05) is 16.8 Å². The van der Waals surface area contributed by atoms with Gasteiger partial charge in [0.1, 0.15) is 5.82 Å². The van der Waals surface area contributed by atoms with Gasteiger partial charge < -0.3 is 4.90 Å². The second kappa shape index (κ2) is 4.46. The molecule has 5 heteroatoms. The molecule has 1 aromatic carbocycles. The third kappa shape index (κ3) is 2.19. The number of carbonyl (C=O) groups excluding carboxylic acids is 2. The molecule has 0 unspecified atom stereocenters. The van der Waals surface area contributed by atoms with Gasteiger partial charge >= 0.3 is 0 Å². The summed E-state index contributed by atoms with van der Waals surface area (Å²) in [4.78, 5) is 25.1. The first kappa shape index (κ1) is 13.2. The quantitative estimate of drug-likeness (QED) is 0.635. The topological polar surface area (TPSA) is 37.4 Å². The zero-order chi connectivity index (χ0) is 13.5. The van der Waals surface area contributed by atoms with Crippen LogP contribution < -0.4 is 4.90 Å². The third-order valence-corrected chi connectivity index (χ3v) is 4.40. The van der Waals surface area contributed by atoms with E-state index < -0.39 is 17.5 Å². The highest BCUT2D eigenvalue weighted by molar-refractivity contribution is 9.09. The largest absolute Gasteiger partial charge is 0.304 e. The molecule has 3 nitrogen and oxygen atoms in total. The Bertz CT molecular complexity index is 528. The van der Waals surface area contributed by atoms with Gasteiger partial charge in [0.2, 0.25) is 0 Å². The van der Waals surface area contributed by atoms with Crippen LogP contribution in [0.4, 0.5) is 10.1 Å². The zero-order valence-electron chi connectivity index (χ0n) is 10.2. The molecule has 1 aliphatic heterocycles. The molecule has 0 fully saturated rings. The molecule has 2 rings (SSSR count). The molecule has 0 aliphatic carbocycles. The van der Waals surface area contributed by atoms with Crippen molar-refractivity contribution in [3.63, 3.8) is 0 Å². The van der Waals surface area contributed by atoms with E-state index in [4.69, 9.17) is 0 Å². The molecule has 0 N–H and O–H groups in total. The second-order valence-electron chi connectivity index (χ2n) is 5.18. The first-order valence-corrected chi connectivity index (χ1v) is 6.69. The molecule has 0 aromatic heterocycles. The first-order chi connectivity index (χ1) is 8.35. The van der Waals surface area contributed by atoms with Crippen LogP contribution in [0.5, 0.6) is 0 Å². The molecule has 1 aromatic rings. The van der Waals surface area contributed by atoms with E-state index in [0.29, 0.717) is 17.6 Å². The van der Waals surface area contributed by atoms with Crippen LogP contribution in [0.15, 0.2) is 18.2 Å². The Morgan fingerprint density at radius 2 is 2.00 bits per heavy atom. The standard InChI is InChI=1S/C13H13BrFNO2/c1-13(2,6-14)7-16-10-4-3-8(15)5-9(10)11(17)12(16)18/h3-5H,6-7H2,1-2H3. The minimum Gasteiger partial charge on any atom is -0.304 e. The van der Waals surface area contributed by atoms with E-state index in [1.807, 2.05) is 13.8 Å². The maximum absolute atomic E-state index is 13.1. The molecule has 0 bridgehead atoms. The molecule has 0 spiro atoms. The van der Waals surface area contributed by atoms with Gasteiger partial charge in [0, 0.05) is 11.9 Å². The number of amides is 1. The van der Waals surface area contributed by atoms with Gasteiger partial charge in [-0.05, 0) is 23.6 Å². The van der Waals surface area contributed by atoms with E-state index in [2.05, 4.69) is 15.9 Å². The number of hydrogen-bond acceptors (Lipinski definition) is 2. The second-order valence-corrected chi connectivity index (χ2v) is 5.74. The van der Waals surface area contributed by atoms with Crippen molar-refractivity contribution in [3.8, 4) is 0 Å². The van der Waals surface area contributed by atoms with Gasteiger partial charge in [-0.15, -0.1) is 0 Å². The number of fused-ring (bicyclic) bond motifs is 1. The zero-order valence-corrected chi connectivity index (χ0v) is 11.8. The van der Waals surface area contributed by atoms with E-state index in [9.17, 15) is 14.0 Å². The van der Waals surface area contributed by atoms with Crippen LogP contribution in [0.2, 0.25) is 0 Å². The van der Waals surface area contributed by atoms with E-state index >= 15 is 0 Å². The van der Waals surface area contributed by atoms with Crippen molar-refractivity contribution in [1.82, 2.24) is 0 Å². The number of ketones is 1. The average molecular weight is 314 g/mol. The Balaban J connectivity index is 2.41. The number of benzene rings is 1. The Labute approximate surface area is 113 Å². The molecular formula is C13H13BrFNO2. The highest BCUT2D eigenvalue weighted by Gasteiger charge is 2.38. The summed E-state index contributed by atoms with van der Waals surface area (Å²) in [7, 11) is 0. The van der Waals surface area contributed by atoms with Gasteiger partial charge in [0.25, 0.3) is 11.7 Å². The van der Waals surface area contributed by atoms with Crippen LogP contribution in [-0.4, -0.2) is 23.6 Å². The molecule has 1 aliphatic rings. The maximum atomic E-state index is 13.1. The summed E-state index contributed by atoms with van der Waals surface area (Å²) in [5.74, 6) is -1.71. The van der Waals surface area contributed by atoms with Crippen LogP contribution in [-0.2, 0) is 4.79 Å². The number of hydrogen-bond donors (Lipinski definition) is 0. The molecule has 18 heavy (non-hydrogen) atoms. The summed E-state index contributed by atoms with van der Waals surface area (Å²) in [6.07, 6.45) is 0. The third-order valence-electron chi connectivity index (χ3n) is 2.88.